The van der Waals surface area contributed by atoms with Crippen molar-refractivity contribution < 1.29 is 9.59 Å². The molecule has 0 spiro atoms. The Bertz CT molecular complexity index is 382. The lowest BCUT2D eigenvalue weighted by molar-refractivity contribution is -0.130. The molecule has 1 rings (SSSR count). The largest absolute Gasteiger partial charge is 0.325 e. The fraction of sp³-hybridized carbons (Fsp3) is 0.500. The van der Waals surface area contributed by atoms with Crippen LogP contribution in [0.2, 0.25) is 0 Å². The minimum absolute atomic E-state index is 0.137. The van der Waals surface area contributed by atoms with Crippen LogP contribution in [0.25, 0.3) is 0 Å². The van der Waals surface area contributed by atoms with Gasteiger partial charge in [0.05, 0.1) is 12.0 Å². The van der Waals surface area contributed by atoms with Gasteiger partial charge in [-0.15, -0.1) is 0 Å². The molecule has 0 radical (unpaired) electrons. The summed E-state index contributed by atoms with van der Waals surface area (Å²) in [4.78, 5) is 26.4. The maximum atomic E-state index is 11.4. The third-order valence-corrected chi connectivity index (χ3v) is 2.26. The van der Waals surface area contributed by atoms with Gasteiger partial charge in [-0.25, -0.2) is 4.98 Å². The number of imide groups is 1. The number of rotatable bonds is 3. The SMILES string of the molecule is CCC(=O)NC(=O)Cn1cnc(C)c1C. The van der Waals surface area contributed by atoms with Gasteiger partial charge in [0.15, 0.2) is 0 Å². The average Bonchev–Trinajstić information content (AvgIpc) is 2.49. The maximum Gasteiger partial charge on any atom is 0.246 e. The number of nitrogens with one attached hydrogen (secondary N) is 1. The smallest absolute Gasteiger partial charge is 0.246 e. The second-order valence-corrected chi connectivity index (χ2v) is 3.37. The van der Waals surface area contributed by atoms with Crippen LogP contribution >= 0.6 is 0 Å². The maximum absolute atomic E-state index is 11.4. The third-order valence-electron chi connectivity index (χ3n) is 2.26. The molecule has 1 heterocycles. The number of hydrogen-bond acceptors (Lipinski definition) is 3. The van der Waals surface area contributed by atoms with Crippen molar-refractivity contribution in [2.75, 3.05) is 0 Å². The number of hydrogen-bond donors (Lipinski definition) is 1. The molecule has 0 bridgehead atoms. The molecular weight excluding hydrogens is 194 g/mol. The Morgan fingerprint density at radius 1 is 1.40 bits per heavy atom. The molecule has 82 valence electrons. The van der Waals surface area contributed by atoms with Gasteiger partial charge in [-0.1, -0.05) is 6.92 Å². The topological polar surface area (TPSA) is 64.0 Å². The van der Waals surface area contributed by atoms with Crippen molar-refractivity contribution in [3.8, 4) is 0 Å². The van der Waals surface area contributed by atoms with E-state index in [1.165, 1.54) is 0 Å². The van der Waals surface area contributed by atoms with Crippen molar-refractivity contribution in [1.82, 2.24) is 14.9 Å². The first-order valence-corrected chi connectivity index (χ1v) is 4.85. The van der Waals surface area contributed by atoms with Gasteiger partial charge in [0.1, 0.15) is 6.54 Å². The summed E-state index contributed by atoms with van der Waals surface area (Å²) in [5.41, 5.74) is 1.83. The standard InChI is InChI=1S/C10H15N3O2/c1-4-9(14)12-10(15)5-13-6-11-7(2)8(13)3/h6H,4-5H2,1-3H3,(H,12,14,15). The minimum atomic E-state index is -0.303. The van der Waals surface area contributed by atoms with Gasteiger partial charge in [-0.2, -0.15) is 0 Å². The highest BCUT2D eigenvalue weighted by atomic mass is 16.2. The first kappa shape index (κ1) is 11.4. The van der Waals surface area contributed by atoms with Crippen LogP contribution in [0.5, 0.6) is 0 Å². The molecule has 1 aromatic heterocycles. The van der Waals surface area contributed by atoms with Crippen LogP contribution < -0.4 is 5.32 Å². The Morgan fingerprint density at radius 2 is 2.07 bits per heavy atom. The number of imidazole rings is 1. The molecule has 15 heavy (non-hydrogen) atoms. The molecule has 5 heteroatoms. The van der Waals surface area contributed by atoms with Crippen molar-refractivity contribution in [1.29, 1.82) is 0 Å². The Kier molecular flexibility index (Phi) is 3.60. The van der Waals surface area contributed by atoms with E-state index in [4.69, 9.17) is 0 Å². The molecule has 0 atom stereocenters. The van der Waals surface area contributed by atoms with Gasteiger partial charge in [0.25, 0.3) is 0 Å². The van der Waals surface area contributed by atoms with Crippen LogP contribution in [0.15, 0.2) is 6.33 Å². The molecule has 1 N–H and O–H groups in total. The van der Waals surface area contributed by atoms with E-state index in [1.54, 1.807) is 17.8 Å². The van der Waals surface area contributed by atoms with Gasteiger partial charge >= 0.3 is 0 Å². The summed E-state index contributed by atoms with van der Waals surface area (Å²) in [6.07, 6.45) is 1.91. The number of nitrogens with zero attached hydrogens (tertiary/aromatic N) is 2. The second-order valence-electron chi connectivity index (χ2n) is 3.37. The van der Waals surface area contributed by atoms with Gasteiger partial charge in [-0.05, 0) is 13.8 Å². The molecule has 5 nitrogen and oxygen atoms in total. The van der Waals surface area contributed by atoms with Gasteiger partial charge in [0, 0.05) is 12.1 Å². The number of carbonyl (C=O) groups excluding carboxylic acids is 2. The molecule has 0 aromatic carbocycles. The first-order chi connectivity index (χ1) is 7.04. The van der Waals surface area contributed by atoms with E-state index in [0.717, 1.165) is 11.4 Å². The van der Waals surface area contributed by atoms with E-state index >= 15 is 0 Å². The van der Waals surface area contributed by atoms with E-state index in [9.17, 15) is 9.59 Å². The number of aryl methyl sites for hydroxylation is 1. The van der Waals surface area contributed by atoms with Gasteiger partial charge in [-0.3, -0.25) is 14.9 Å². The zero-order valence-corrected chi connectivity index (χ0v) is 9.20. The van der Waals surface area contributed by atoms with Gasteiger partial charge in [0.2, 0.25) is 11.8 Å². The van der Waals surface area contributed by atoms with Crippen LogP contribution in [0.1, 0.15) is 24.7 Å². The first-order valence-electron chi connectivity index (χ1n) is 4.85. The molecule has 0 saturated carbocycles. The highest BCUT2D eigenvalue weighted by molar-refractivity contribution is 5.94. The van der Waals surface area contributed by atoms with Crippen molar-refractivity contribution in [2.24, 2.45) is 0 Å². The second kappa shape index (κ2) is 4.72. The molecule has 2 amide bonds. The monoisotopic (exact) mass is 209 g/mol. The minimum Gasteiger partial charge on any atom is -0.325 e. The number of amides is 2. The van der Waals surface area contributed by atoms with Crippen LogP contribution in [0.4, 0.5) is 0 Å². The zero-order valence-electron chi connectivity index (χ0n) is 9.20. The molecule has 0 fully saturated rings. The summed E-state index contributed by atoms with van der Waals surface area (Å²) >= 11 is 0. The lowest BCUT2D eigenvalue weighted by Gasteiger charge is -2.05. The summed E-state index contributed by atoms with van der Waals surface area (Å²) < 4.78 is 1.72. The fourth-order valence-electron chi connectivity index (χ4n) is 1.14. The predicted molar refractivity (Wildman–Crippen MR) is 55.1 cm³/mol. The van der Waals surface area contributed by atoms with Crippen molar-refractivity contribution in [3.63, 3.8) is 0 Å². The molecule has 0 saturated heterocycles. The highest BCUT2D eigenvalue weighted by Crippen LogP contribution is 2.03. The molecule has 0 aliphatic heterocycles. The lowest BCUT2D eigenvalue weighted by Crippen LogP contribution is -2.32. The Hall–Kier alpha value is -1.65. The van der Waals surface area contributed by atoms with E-state index in [1.807, 2.05) is 13.8 Å². The quantitative estimate of drug-likeness (QED) is 0.790. The van der Waals surface area contributed by atoms with E-state index in [2.05, 4.69) is 10.3 Å². The van der Waals surface area contributed by atoms with Crippen LogP contribution in [0.3, 0.4) is 0 Å². The van der Waals surface area contributed by atoms with Crippen molar-refractivity contribution in [3.05, 3.63) is 17.7 Å². The Morgan fingerprint density at radius 3 is 2.53 bits per heavy atom. The lowest BCUT2D eigenvalue weighted by atomic mass is 10.4. The Labute approximate surface area is 88.5 Å². The zero-order chi connectivity index (χ0) is 11.4. The summed E-state index contributed by atoms with van der Waals surface area (Å²) in [6, 6.07) is 0. The molecule has 1 aromatic rings. The molecule has 0 unspecified atom stereocenters. The normalized spacial score (nSPS) is 10.1. The molecular formula is C10H15N3O2. The summed E-state index contributed by atoms with van der Waals surface area (Å²) in [6.45, 7) is 5.60. The van der Waals surface area contributed by atoms with Crippen LogP contribution in [0, 0.1) is 13.8 Å². The average molecular weight is 209 g/mol. The Balaban J connectivity index is 2.59. The van der Waals surface area contributed by atoms with Gasteiger partial charge < -0.3 is 4.57 Å². The van der Waals surface area contributed by atoms with Crippen molar-refractivity contribution in [2.45, 2.75) is 33.7 Å². The van der Waals surface area contributed by atoms with Crippen molar-refractivity contribution >= 4 is 11.8 Å². The summed E-state index contributed by atoms with van der Waals surface area (Å²) in [5.74, 6) is -0.558. The van der Waals surface area contributed by atoms with E-state index in [-0.39, 0.29) is 18.4 Å². The number of aromatic nitrogens is 2. The van der Waals surface area contributed by atoms with E-state index in [0.29, 0.717) is 6.42 Å². The highest BCUT2D eigenvalue weighted by Gasteiger charge is 2.09. The number of carbonyl (C=O) groups is 2. The van der Waals surface area contributed by atoms with Crippen LogP contribution in [-0.4, -0.2) is 21.4 Å². The summed E-state index contributed by atoms with van der Waals surface area (Å²) in [7, 11) is 0. The molecule has 0 aliphatic rings. The summed E-state index contributed by atoms with van der Waals surface area (Å²) in [5, 5.41) is 2.29. The fourth-order valence-corrected chi connectivity index (χ4v) is 1.14. The molecule has 0 aliphatic carbocycles. The predicted octanol–water partition coefficient (Wildman–Crippen LogP) is 0.553. The van der Waals surface area contributed by atoms with E-state index < -0.39 is 0 Å². The van der Waals surface area contributed by atoms with Crippen LogP contribution in [-0.2, 0) is 16.1 Å². The third kappa shape index (κ3) is 2.90.